The predicted molar refractivity (Wildman–Crippen MR) is 98.4 cm³/mol. The number of aromatic nitrogens is 3. The third-order valence-electron chi connectivity index (χ3n) is 4.72. The molecule has 3 atom stereocenters. The van der Waals surface area contributed by atoms with Gasteiger partial charge < -0.3 is 16.4 Å². The first-order valence-electron chi connectivity index (χ1n) is 8.84. The lowest BCUT2D eigenvalue weighted by Gasteiger charge is -2.25. The predicted octanol–water partition coefficient (Wildman–Crippen LogP) is 1.93. The van der Waals surface area contributed by atoms with Gasteiger partial charge in [0, 0.05) is 23.3 Å². The van der Waals surface area contributed by atoms with E-state index in [0.29, 0.717) is 11.4 Å². The summed E-state index contributed by atoms with van der Waals surface area (Å²) >= 11 is 0. The Morgan fingerprint density at radius 2 is 1.88 bits per heavy atom. The zero-order valence-electron chi connectivity index (χ0n) is 14.8. The normalized spacial score (nSPS) is 21.0. The van der Waals surface area contributed by atoms with Gasteiger partial charge in [-0.2, -0.15) is 5.10 Å². The summed E-state index contributed by atoms with van der Waals surface area (Å²) in [6.07, 6.45) is 6.49. The first-order valence-corrected chi connectivity index (χ1v) is 8.84. The number of carbonyl (C=O) groups excluding carboxylic acids is 2. The van der Waals surface area contributed by atoms with Crippen LogP contribution in [0.5, 0.6) is 0 Å². The van der Waals surface area contributed by atoms with E-state index in [9.17, 15) is 9.59 Å². The molecule has 4 N–H and O–H groups in total. The summed E-state index contributed by atoms with van der Waals surface area (Å²) < 4.78 is 1.48. The SMILES string of the molecule is CC(C(=O)Nc1ccc(NC(=O)C2CCCC(N)C2)cc1)n1cncn1. The van der Waals surface area contributed by atoms with Crippen LogP contribution in [0.2, 0.25) is 0 Å². The van der Waals surface area contributed by atoms with Crippen LogP contribution in [0.1, 0.15) is 38.6 Å². The largest absolute Gasteiger partial charge is 0.328 e. The molecule has 0 radical (unpaired) electrons. The van der Waals surface area contributed by atoms with E-state index >= 15 is 0 Å². The molecule has 3 unspecified atom stereocenters. The highest BCUT2D eigenvalue weighted by Crippen LogP contribution is 2.25. The molecule has 1 aliphatic rings. The van der Waals surface area contributed by atoms with E-state index in [-0.39, 0.29) is 23.8 Å². The molecule has 1 heterocycles. The van der Waals surface area contributed by atoms with E-state index in [2.05, 4.69) is 20.7 Å². The molecule has 0 bridgehead atoms. The number of benzene rings is 1. The average molecular weight is 356 g/mol. The summed E-state index contributed by atoms with van der Waals surface area (Å²) in [7, 11) is 0. The Hall–Kier alpha value is -2.74. The number of hydrogen-bond acceptors (Lipinski definition) is 5. The molecule has 138 valence electrons. The summed E-state index contributed by atoms with van der Waals surface area (Å²) in [6.45, 7) is 1.74. The lowest BCUT2D eigenvalue weighted by Crippen LogP contribution is -2.34. The van der Waals surface area contributed by atoms with Gasteiger partial charge in [-0.3, -0.25) is 9.59 Å². The van der Waals surface area contributed by atoms with Gasteiger partial charge in [0.2, 0.25) is 11.8 Å². The van der Waals surface area contributed by atoms with E-state index in [0.717, 1.165) is 25.7 Å². The van der Waals surface area contributed by atoms with Crippen molar-refractivity contribution >= 4 is 23.2 Å². The second-order valence-electron chi connectivity index (χ2n) is 6.73. The summed E-state index contributed by atoms with van der Waals surface area (Å²) in [5, 5.41) is 9.71. The highest BCUT2D eigenvalue weighted by molar-refractivity contribution is 5.95. The molecular weight excluding hydrogens is 332 g/mol. The van der Waals surface area contributed by atoms with Crippen LogP contribution in [0, 0.1) is 5.92 Å². The number of rotatable bonds is 5. The monoisotopic (exact) mass is 356 g/mol. The molecule has 1 fully saturated rings. The number of nitrogens with one attached hydrogen (secondary N) is 2. The maximum atomic E-state index is 12.3. The summed E-state index contributed by atoms with van der Waals surface area (Å²) in [6, 6.07) is 6.71. The zero-order chi connectivity index (χ0) is 18.5. The lowest BCUT2D eigenvalue weighted by molar-refractivity contribution is -0.121. The fourth-order valence-corrected chi connectivity index (χ4v) is 3.13. The Labute approximate surface area is 152 Å². The van der Waals surface area contributed by atoms with Gasteiger partial charge in [-0.05, 0) is 50.5 Å². The minimum atomic E-state index is -0.465. The zero-order valence-corrected chi connectivity index (χ0v) is 14.8. The number of carbonyl (C=O) groups is 2. The van der Waals surface area contributed by atoms with Crippen LogP contribution in [0.15, 0.2) is 36.9 Å². The van der Waals surface area contributed by atoms with Gasteiger partial charge in [-0.25, -0.2) is 9.67 Å². The van der Waals surface area contributed by atoms with Crippen LogP contribution in [0.4, 0.5) is 11.4 Å². The maximum Gasteiger partial charge on any atom is 0.249 e. The van der Waals surface area contributed by atoms with Crippen LogP contribution in [0.3, 0.4) is 0 Å². The first-order chi connectivity index (χ1) is 12.5. The number of anilines is 2. The standard InChI is InChI=1S/C18H24N6O2/c1-12(24-11-20-10-21-24)17(25)22-15-5-7-16(8-6-15)23-18(26)13-3-2-4-14(19)9-13/h5-8,10-14H,2-4,9,19H2,1H3,(H,22,25)(H,23,26). The fourth-order valence-electron chi connectivity index (χ4n) is 3.13. The van der Waals surface area contributed by atoms with Gasteiger partial charge >= 0.3 is 0 Å². The Morgan fingerprint density at radius 1 is 1.19 bits per heavy atom. The van der Waals surface area contributed by atoms with E-state index in [4.69, 9.17) is 5.73 Å². The second kappa shape index (κ2) is 8.09. The van der Waals surface area contributed by atoms with Crippen molar-refractivity contribution in [2.75, 3.05) is 10.6 Å². The summed E-state index contributed by atoms with van der Waals surface area (Å²) in [4.78, 5) is 28.4. The molecule has 2 amide bonds. The topological polar surface area (TPSA) is 115 Å². The lowest BCUT2D eigenvalue weighted by atomic mass is 9.85. The molecule has 0 saturated heterocycles. The molecule has 0 spiro atoms. The van der Waals surface area contributed by atoms with Gasteiger partial charge in [0.1, 0.15) is 18.7 Å². The molecule has 1 aromatic heterocycles. The third kappa shape index (κ3) is 4.45. The number of nitrogens with two attached hydrogens (primary N) is 1. The molecule has 1 saturated carbocycles. The van der Waals surface area contributed by atoms with Crippen LogP contribution in [-0.4, -0.2) is 32.6 Å². The van der Waals surface area contributed by atoms with Gasteiger partial charge in [0.05, 0.1) is 0 Å². The van der Waals surface area contributed by atoms with Crippen molar-refractivity contribution in [2.45, 2.75) is 44.7 Å². The summed E-state index contributed by atoms with van der Waals surface area (Å²) in [5.74, 6) is -0.207. The minimum absolute atomic E-state index is 0.0109. The fraction of sp³-hybridized carbons (Fsp3) is 0.444. The van der Waals surface area contributed by atoms with Crippen LogP contribution >= 0.6 is 0 Å². The van der Waals surface area contributed by atoms with Gasteiger partial charge in [-0.1, -0.05) is 6.42 Å². The van der Waals surface area contributed by atoms with Crippen molar-refractivity contribution in [3.8, 4) is 0 Å². The van der Waals surface area contributed by atoms with Gasteiger partial charge in [0.25, 0.3) is 0 Å². The van der Waals surface area contributed by atoms with Crippen molar-refractivity contribution in [2.24, 2.45) is 11.7 Å². The Kier molecular flexibility index (Phi) is 5.62. The van der Waals surface area contributed by atoms with Crippen molar-refractivity contribution in [1.29, 1.82) is 0 Å². The van der Waals surface area contributed by atoms with Crippen LogP contribution in [-0.2, 0) is 9.59 Å². The Bertz CT molecular complexity index is 744. The Balaban J connectivity index is 1.54. The number of hydrogen-bond donors (Lipinski definition) is 3. The van der Waals surface area contributed by atoms with Gasteiger partial charge in [0.15, 0.2) is 0 Å². The number of nitrogens with zero attached hydrogens (tertiary/aromatic N) is 3. The quantitative estimate of drug-likeness (QED) is 0.757. The highest BCUT2D eigenvalue weighted by Gasteiger charge is 2.25. The molecule has 1 aliphatic carbocycles. The molecule has 8 nitrogen and oxygen atoms in total. The average Bonchev–Trinajstić information content (AvgIpc) is 3.17. The smallest absolute Gasteiger partial charge is 0.249 e. The molecule has 1 aromatic carbocycles. The molecule has 3 rings (SSSR count). The van der Waals surface area contributed by atoms with E-state index in [1.54, 1.807) is 31.2 Å². The molecule has 8 heteroatoms. The van der Waals surface area contributed by atoms with Crippen LogP contribution < -0.4 is 16.4 Å². The molecule has 0 aliphatic heterocycles. The number of amides is 2. The van der Waals surface area contributed by atoms with Crippen molar-refractivity contribution in [3.63, 3.8) is 0 Å². The highest BCUT2D eigenvalue weighted by atomic mass is 16.2. The van der Waals surface area contributed by atoms with Gasteiger partial charge in [-0.15, -0.1) is 0 Å². The summed E-state index contributed by atoms with van der Waals surface area (Å²) in [5.41, 5.74) is 7.31. The van der Waals surface area contributed by atoms with Crippen molar-refractivity contribution < 1.29 is 9.59 Å². The van der Waals surface area contributed by atoms with E-state index in [1.165, 1.54) is 17.3 Å². The van der Waals surface area contributed by atoms with Crippen LogP contribution in [0.25, 0.3) is 0 Å². The Morgan fingerprint density at radius 3 is 2.50 bits per heavy atom. The molecule has 26 heavy (non-hydrogen) atoms. The second-order valence-corrected chi connectivity index (χ2v) is 6.73. The van der Waals surface area contributed by atoms with E-state index in [1.807, 2.05) is 0 Å². The third-order valence-corrected chi connectivity index (χ3v) is 4.72. The van der Waals surface area contributed by atoms with Crippen molar-refractivity contribution in [1.82, 2.24) is 14.8 Å². The first kappa shape index (κ1) is 18.1. The van der Waals surface area contributed by atoms with E-state index < -0.39 is 6.04 Å². The molecular formula is C18H24N6O2. The minimum Gasteiger partial charge on any atom is -0.328 e. The van der Waals surface area contributed by atoms with Crippen molar-refractivity contribution in [3.05, 3.63) is 36.9 Å². The maximum absolute atomic E-state index is 12.3. The molecule has 2 aromatic rings.